The molecule has 1 N–H and O–H groups in total. The van der Waals surface area contributed by atoms with Gasteiger partial charge in [0.05, 0.1) is 6.10 Å². The van der Waals surface area contributed by atoms with Crippen molar-refractivity contribution >= 4 is 5.91 Å². The molecule has 1 aliphatic rings. The van der Waals surface area contributed by atoms with Crippen LogP contribution in [-0.4, -0.2) is 29.0 Å². The number of aliphatic hydroxyl groups excluding tert-OH is 1. The van der Waals surface area contributed by atoms with E-state index in [0.717, 1.165) is 13.0 Å². The Morgan fingerprint density at radius 3 is 2.72 bits per heavy atom. The fourth-order valence-corrected chi connectivity index (χ4v) is 2.43. The van der Waals surface area contributed by atoms with Crippen LogP contribution in [0.4, 0.5) is 4.39 Å². The molecule has 1 saturated heterocycles. The van der Waals surface area contributed by atoms with Crippen molar-refractivity contribution in [2.24, 2.45) is 5.92 Å². The number of aliphatic hydroxyl groups is 1. The van der Waals surface area contributed by atoms with Gasteiger partial charge in [-0.3, -0.25) is 4.79 Å². The molecule has 18 heavy (non-hydrogen) atoms. The summed E-state index contributed by atoms with van der Waals surface area (Å²) in [5, 5.41) is 10.2. The standard InChI is InChI=1S/C14H18FNO2/c1-2-7-16-9-11(8-13(16)17)14(18)10-3-5-12(15)6-4-10/h3-6,11,14,18H,2,7-9H2,1H3. The first kappa shape index (κ1) is 13.0. The normalized spacial score (nSPS) is 21.4. The number of likely N-dealkylation sites (tertiary alicyclic amines) is 1. The van der Waals surface area contributed by atoms with Crippen molar-refractivity contribution in [3.8, 4) is 0 Å². The molecule has 1 aliphatic heterocycles. The number of carbonyl (C=O) groups excluding carboxylic acids is 1. The third-order valence-corrected chi connectivity index (χ3v) is 3.40. The largest absolute Gasteiger partial charge is 0.388 e. The number of amides is 1. The van der Waals surface area contributed by atoms with Crippen molar-refractivity contribution in [1.82, 2.24) is 4.90 Å². The van der Waals surface area contributed by atoms with Crippen LogP contribution < -0.4 is 0 Å². The molecule has 1 aromatic rings. The van der Waals surface area contributed by atoms with Crippen LogP contribution in [0.2, 0.25) is 0 Å². The van der Waals surface area contributed by atoms with Gasteiger partial charge in [0.15, 0.2) is 0 Å². The van der Waals surface area contributed by atoms with Gasteiger partial charge in [-0.1, -0.05) is 19.1 Å². The van der Waals surface area contributed by atoms with E-state index in [1.54, 1.807) is 17.0 Å². The van der Waals surface area contributed by atoms with E-state index >= 15 is 0 Å². The lowest BCUT2D eigenvalue weighted by atomic mass is 9.95. The van der Waals surface area contributed by atoms with Gasteiger partial charge in [0.1, 0.15) is 5.82 Å². The van der Waals surface area contributed by atoms with Crippen molar-refractivity contribution in [2.75, 3.05) is 13.1 Å². The van der Waals surface area contributed by atoms with Crippen LogP contribution in [0.5, 0.6) is 0 Å². The maximum absolute atomic E-state index is 12.8. The summed E-state index contributed by atoms with van der Waals surface area (Å²) in [7, 11) is 0. The Hall–Kier alpha value is -1.42. The first-order valence-electron chi connectivity index (χ1n) is 6.33. The zero-order chi connectivity index (χ0) is 13.1. The van der Waals surface area contributed by atoms with Gasteiger partial charge in [0.2, 0.25) is 5.91 Å². The Bertz CT molecular complexity index is 418. The predicted octanol–water partition coefficient (Wildman–Crippen LogP) is 2.12. The van der Waals surface area contributed by atoms with E-state index in [1.165, 1.54) is 12.1 Å². The lowest BCUT2D eigenvalue weighted by Crippen LogP contribution is -2.26. The van der Waals surface area contributed by atoms with Crippen LogP contribution >= 0.6 is 0 Å². The van der Waals surface area contributed by atoms with Crippen LogP contribution in [0, 0.1) is 11.7 Å². The number of carbonyl (C=O) groups is 1. The van der Waals surface area contributed by atoms with Gasteiger partial charge in [0.25, 0.3) is 0 Å². The van der Waals surface area contributed by atoms with Gasteiger partial charge in [-0.2, -0.15) is 0 Å². The van der Waals surface area contributed by atoms with Crippen molar-refractivity contribution in [3.63, 3.8) is 0 Å². The summed E-state index contributed by atoms with van der Waals surface area (Å²) in [5.41, 5.74) is 0.674. The molecule has 3 nitrogen and oxygen atoms in total. The van der Waals surface area contributed by atoms with E-state index < -0.39 is 6.10 Å². The molecule has 1 heterocycles. The second-order valence-electron chi connectivity index (χ2n) is 4.80. The summed E-state index contributed by atoms with van der Waals surface area (Å²) in [6, 6.07) is 5.82. The van der Waals surface area contributed by atoms with Crippen LogP contribution in [0.15, 0.2) is 24.3 Å². The third-order valence-electron chi connectivity index (χ3n) is 3.40. The molecule has 0 saturated carbocycles. The number of hydrogen-bond donors (Lipinski definition) is 1. The topological polar surface area (TPSA) is 40.5 Å². The number of halogens is 1. The predicted molar refractivity (Wildman–Crippen MR) is 66.3 cm³/mol. The number of hydrogen-bond acceptors (Lipinski definition) is 2. The number of nitrogens with zero attached hydrogens (tertiary/aromatic N) is 1. The summed E-state index contributed by atoms with van der Waals surface area (Å²) in [6.45, 7) is 3.35. The van der Waals surface area contributed by atoms with E-state index in [2.05, 4.69) is 0 Å². The monoisotopic (exact) mass is 251 g/mol. The Balaban J connectivity index is 2.04. The van der Waals surface area contributed by atoms with Gasteiger partial charge in [-0.25, -0.2) is 4.39 Å². The van der Waals surface area contributed by atoms with E-state index in [-0.39, 0.29) is 17.6 Å². The van der Waals surface area contributed by atoms with E-state index in [4.69, 9.17) is 0 Å². The first-order valence-corrected chi connectivity index (χ1v) is 6.33. The maximum atomic E-state index is 12.8. The summed E-state index contributed by atoms with van der Waals surface area (Å²) in [4.78, 5) is 13.5. The third kappa shape index (κ3) is 2.70. The molecular formula is C14H18FNO2. The van der Waals surface area contributed by atoms with E-state index in [9.17, 15) is 14.3 Å². The minimum absolute atomic E-state index is 0.0884. The Morgan fingerprint density at radius 2 is 2.11 bits per heavy atom. The van der Waals surface area contributed by atoms with Crippen LogP contribution in [-0.2, 0) is 4.79 Å². The lowest BCUT2D eigenvalue weighted by Gasteiger charge is -2.19. The average Bonchev–Trinajstić information content (AvgIpc) is 2.72. The molecule has 98 valence electrons. The minimum Gasteiger partial charge on any atom is -0.388 e. The summed E-state index contributed by atoms with van der Waals surface area (Å²) < 4.78 is 12.8. The lowest BCUT2D eigenvalue weighted by molar-refractivity contribution is -0.127. The smallest absolute Gasteiger partial charge is 0.223 e. The van der Waals surface area contributed by atoms with Gasteiger partial charge in [-0.05, 0) is 24.1 Å². The summed E-state index contributed by atoms with van der Waals surface area (Å²) in [6.07, 6.45) is 0.598. The highest BCUT2D eigenvalue weighted by Crippen LogP contribution is 2.30. The molecule has 4 heteroatoms. The number of benzene rings is 1. The quantitative estimate of drug-likeness (QED) is 0.890. The molecule has 0 aromatic heterocycles. The molecular weight excluding hydrogens is 233 g/mol. The van der Waals surface area contributed by atoms with Crippen molar-refractivity contribution in [1.29, 1.82) is 0 Å². The molecule has 1 aromatic carbocycles. The molecule has 2 rings (SSSR count). The molecule has 2 atom stereocenters. The second kappa shape index (κ2) is 5.48. The van der Waals surface area contributed by atoms with Crippen LogP contribution in [0.1, 0.15) is 31.4 Å². The second-order valence-corrected chi connectivity index (χ2v) is 4.80. The van der Waals surface area contributed by atoms with Crippen molar-refractivity contribution in [2.45, 2.75) is 25.9 Å². The van der Waals surface area contributed by atoms with E-state index in [0.29, 0.717) is 18.5 Å². The number of rotatable bonds is 4. The molecule has 0 aliphatic carbocycles. The molecule has 0 bridgehead atoms. The Morgan fingerprint density at radius 1 is 1.44 bits per heavy atom. The average molecular weight is 251 g/mol. The highest BCUT2D eigenvalue weighted by atomic mass is 19.1. The summed E-state index contributed by atoms with van der Waals surface area (Å²) >= 11 is 0. The van der Waals surface area contributed by atoms with Gasteiger partial charge in [0, 0.05) is 25.4 Å². The SMILES string of the molecule is CCCN1CC(C(O)c2ccc(F)cc2)CC1=O. The van der Waals surface area contributed by atoms with Gasteiger partial charge in [-0.15, -0.1) is 0 Å². The summed E-state index contributed by atoms with van der Waals surface area (Å²) in [5.74, 6) is -0.307. The van der Waals surface area contributed by atoms with Crippen molar-refractivity contribution < 1.29 is 14.3 Å². The molecule has 2 unspecified atom stereocenters. The van der Waals surface area contributed by atoms with Gasteiger partial charge >= 0.3 is 0 Å². The first-order chi connectivity index (χ1) is 8.61. The molecule has 0 radical (unpaired) electrons. The van der Waals surface area contributed by atoms with E-state index in [1.807, 2.05) is 6.92 Å². The van der Waals surface area contributed by atoms with Crippen LogP contribution in [0.3, 0.4) is 0 Å². The fraction of sp³-hybridized carbons (Fsp3) is 0.500. The maximum Gasteiger partial charge on any atom is 0.223 e. The highest BCUT2D eigenvalue weighted by Gasteiger charge is 2.34. The van der Waals surface area contributed by atoms with Crippen molar-refractivity contribution in [3.05, 3.63) is 35.6 Å². The minimum atomic E-state index is -0.698. The highest BCUT2D eigenvalue weighted by molar-refractivity contribution is 5.78. The Kier molecular flexibility index (Phi) is 3.97. The molecule has 1 fully saturated rings. The van der Waals surface area contributed by atoms with Crippen LogP contribution in [0.25, 0.3) is 0 Å². The Labute approximate surface area is 106 Å². The zero-order valence-electron chi connectivity index (χ0n) is 10.5. The molecule has 0 spiro atoms. The van der Waals surface area contributed by atoms with Gasteiger partial charge < -0.3 is 10.0 Å². The zero-order valence-corrected chi connectivity index (χ0v) is 10.5. The molecule has 1 amide bonds. The fourth-order valence-electron chi connectivity index (χ4n) is 2.43.